The van der Waals surface area contributed by atoms with Gasteiger partial charge in [0, 0.05) is 38.1 Å². The quantitative estimate of drug-likeness (QED) is 0.549. The van der Waals surface area contributed by atoms with Gasteiger partial charge in [0.15, 0.2) is 0 Å². The van der Waals surface area contributed by atoms with E-state index in [9.17, 15) is 5.11 Å². The third-order valence-electron chi connectivity index (χ3n) is 4.17. The molecule has 0 aliphatic carbocycles. The molecule has 3 saturated heterocycles. The first-order valence-corrected chi connectivity index (χ1v) is 6.06. The maximum absolute atomic E-state index is 10.4. The first-order valence-electron chi connectivity index (χ1n) is 6.06. The van der Waals surface area contributed by atoms with Crippen molar-refractivity contribution in [1.82, 2.24) is 15.5 Å². The van der Waals surface area contributed by atoms with Gasteiger partial charge in [0.2, 0.25) is 0 Å². The molecule has 1 spiro atoms. The van der Waals surface area contributed by atoms with Gasteiger partial charge in [0.25, 0.3) is 0 Å². The summed E-state index contributed by atoms with van der Waals surface area (Å²) in [5, 5.41) is 17.0. The van der Waals surface area contributed by atoms with Crippen molar-refractivity contribution in [1.29, 1.82) is 0 Å². The molecular formula is C11H21N3O. The van der Waals surface area contributed by atoms with Gasteiger partial charge < -0.3 is 15.7 Å². The molecule has 3 aliphatic rings. The lowest BCUT2D eigenvalue weighted by Crippen LogP contribution is -2.72. The van der Waals surface area contributed by atoms with E-state index in [0.29, 0.717) is 5.41 Å². The molecule has 0 aromatic rings. The van der Waals surface area contributed by atoms with Crippen molar-refractivity contribution in [2.45, 2.75) is 18.4 Å². The summed E-state index contributed by atoms with van der Waals surface area (Å²) < 4.78 is 0. The van der Waals surface area contributed by atoms with Crippen LogP contribution in [0.2, 0.25) is 0 Å². The van der Waals surface area contributed by atoms with Crippen LogP contribution in [0, 0.1) is 5.41 Å². The number of piperidine rings is 1. The van der Waals surface area contributed by atoms with Gasteiger partial charge in [-0.3, -0.25) is 4.90 Å². The van der Waals surface area contributed by atoms with Crippen molar-refractivity contribution in [3.63, 3.8) is 0 Å². The van der Waals surface area contributed by atoms with Gasteiger partial charge >= 0.3 is 0 Å². The van der Waals surface area contributed by atoms with E-state index in [2.05, 4.69) is 15.5 Å². The third-order valence-corrected chi connectivity index (χ3v) is 4.17. The minimum Gasteiger partial charge on any atom is -0.388 e. The monoisotopic (exact) mass is 211 g/mol. The lowest BCUT2D eigenvalue weighted by Gasteiger charge is -2.57. The number of hydrogen-bond donors (Lipinski definition) is 3. The van der Waals surface area contributed by atoms with Crippen LogP contribution >= 0.6 is 0 Å². The number of β-amino-alcohol motifs (C(OH)–C–C–N with tert-alkyl or cyclic N) is 1. The molecule has 4 heteroatoms. The minimum atomic E-state index is -0.413. The Bertz CT molecular complexity index is 238. The fourth-order valence-corrected chi connectivity index (χ4v) is 3.18. The number of likely N-dealkylation sites (tertiary alicyclic amines) is 1. The van der Waals surface area contributed by atoms with Crippen molar-refractivity contribution in [3.8, 4) is 0 Å². The van der Waals surface area contributed by atoms with Gasteiger partial charge in [-0.05, 0) is 25.9 Å². The van der Waals surface area contributed by atoms with E-state index in [4.69, 9.17) is 0 Å². The summed E-state index contributed by atoms with van der Waals surface area (Å²) >= 11 is 0. The van der Waals surface area contributed by atoms with E-state index in [1.165, 1.54) is 26.2 Å². The molecule has 0 atom stereocenters. The molecular weight excluding hydrogens is 190 g/mol. The summed E-state index contributed by atoms with van der Waals surface area (Å²) in [6, 6.07) is 0. The van der Waals surface area contributed by atoms with E-state index in [1.807, 2.05) is 0 Å². The van der Waals surface area contributed by atoms with E-state index in [1.54, 1.807) is 0 Å². The number of aliphatic hydroxyl groups is 1. The first-order chi connectivity index (χ1) is 7.20. The molecule has 3 N–H and O–H groups in total. The molecule has 0 amide bonds. The molecule has 3 fully saturated rings. The Morgan fingerprint density at radius 3 is 2.27 bits per heavy atom. The first kappa shape index (κ1) is 10.0. The summed E-state index contributed by atoms with van der Waals surface area (Å²) in [5.41, 5.74) is 0.174. The minimum absolute atomic E-state index is 0.413. The van der Waals surface area contributed by atoms with E-state index >= 15 is 0 Å². The van der Waals surface area contributed by atoms with Gasteiger partial charge in [-0.2, -0.15) is 0 Å². The molecule has 86 valence electrons. The molecule has 15 heavy (non-hydrogen) atoms. The van der Waals surface area contributed by atoms with Gasteiger partial charge in [-0.1, -0.05) is 0 Å². The zero-order valence-corrected chi connectivity index (χ0v) is 9.26. The zero-order chi connectivity index (χ0) is 10.4. The number of nitrogens with one attached hydrogen (secondary N) is 2. The summed E-state index contributed by atoms with van der Waals surface area (Å²) in [7, 11) is 0. The number of hydrogen-bond acceptors (Lipinski definition) is 4. The predicted octanol–water partition coefficient (Wildman–Crippen LogP) is -0.994. The number of rotatable bonds is 2. The zero-order valence-electron chi connectivity index (χ0n) is 9.26. The Hall–Kier alpha value is -0.160. The molecule has 0 unspecified atom stereocenters. The Labute approximate surface area is 91.0 Å². The molecule has 0 aromatic carbocycles. The summed E-state index contributed by atoms with van der Waals surface area (Å²) in [6.07, 6.45) is 1.82. The molecule has 0 aromatic heterocycles. The Morgan fingerprint density at radius 2 is 1.73 bits per heavy atom. The van der Waals surface area contributed by atoms with Crippen molar-refractivity contribution in [2.24, 2.45) is 5.41 Å². The van der Waals surface area contributed by atoms with Gasteiger partial charge in [0.1, 0.15) is 0 Å². The molecule has 3 heterocycles. The lowest BCUT2D eigenvalue weighted by molar-refractivity contribution is -0.0965. The van der Waals surface area contributed by atoms with Crippen LogP contribution in [0.25, 0.3) is 0 Å². The highest BCUT2D eigenvalue weighted by molar-refractivity contribution is 5.05. The van der Waals surface area contributed by atoms with Gasteiger partial charge in [-0.15, -0.1) is 0 Å². The van der Waals surface area contributed by atoms with Crippen LogP contribution in [0.4, 0.5) is 0 Å². The Kier molecular flexibility index (Phi) is 2.28. The Morgan fingerprint density at radius 1 is 1.07 bits per heavy atom. The van der Waals surface area contributed by atoms with Crippen molar-refractivity contribution < 1.29 is 5.11 Å². The fraction of sp³-hybridized carbons (Fsp3) is 1.00. The maximum Gasteiger partial charge on any atom is 0.0798 e. The van der Waals surface area contributed by atoms with Crippen molar-refractivity contribution in [3.05, 3.63) is 0 Å². The summed E-state index contributed by atoms with van der Waals surface area (Å²) in [4.78, 5) is 2.42. The fourth-order valence-electron chi connectivity index (χ4n) is 3.18. The van der Waals surface area contributed by atoms with Gasteiger partial charge in [0.05, 0.1) is 5.60 Å². The molecule has 0 saturated carbocycles. The highest BCUT2D eigenvalue weighted by Crippen LogP contribution is 2.35. The highest BCUT2D eigenvalue weighted by Gasteiger charge is 2.49. The second kappa shape index (κ2) is 3.42. The lowest BCUT2D eigenvalue weighted by atomic mass is 9.73. The smallest absolute Gasteiger partial charge is 0.0798 e. The van der Waals surface area contributed by atoms with E-state index < -0.39 is 5.60 Å². The SMILES string of the molecule is OC1(CN2CC3(CNC3)C2)CCNCC1. The predicted molar refractivity (Wildman–Crippen MR) is 58.8 cm³/mol. The second-order valence-corrected chi connectivity index (χ2v) is 5.72. The van der Waals surface area contributed by atoms with Crippen LogP contribution in [-0.2, 0) is 0 Å². The van der Waals surface area contributed by atoms with Crippen molar-refractivity contribution in [2.75, 3.05) is 45.8 Å². The molecule has 3 aliphatic heterocycles. The van der Waals surface area contributed by atoms with Gasteiger partial charge in [-0.25, -0.2) is 0 Å². The van der Waals surface area contributed by atoms with Crippen LogP contribution in [-0.4, -0.2) is 61.4 Å². The largest absolute Gasteiger partial charge is 0.388 e. The van der Waals surface area contributed by atoms with Crippen LogP contribution < -0.4 is 10.6 Å². The van der Waals surface area contributed by atoms with E-state index in [-0.39, 0.29) is 0 Å². The van der Waals surface area contributed by atoms with Crippen LogP contribution in [0.1, 0.15) is 12.8 Å². The van der Waals surface area contributed by atoms with Crippen LogP contribution in [0.15, 0.2) is 0 Å². The van der Waals surface area contributed by atoms with E-state index in [0.717, 1.165) is 32.5 Å². The van der Waals surface area contributed by atoms with Crippen molar-refractivity contribution >= 4 is 0 Å². The average Bonchev–Trinajstić information content (AvgIpc) is 2.09. The third kappa shape index (κ3) is 1.80. The molecule has 0 radical (unpaired) electrons. The standard InChI is InChI=1S/C11H21N3O/c15-11(1-3-12-4-2-11)9-14-7-10(8-14)5-13-6-10/h12-13,15H,1-9H2. The molecule has 3 rings (SSSR count). The average molecular weight is 211 g/mol. The summed E-state index contributed by atoms with van der Waals surface area (Å²) in [6.45, 7) is 7.57. The topological polar surface area (TPSA) is 47.5 Å². The maximum atomic E-state index is 10.4. The molecule has 0 bridgehead atoms. The summed E-state index contributed by atoms with van der Waals surface area (Å²) in [5.74, 6) is 0. The molecule has 4 nitrogen and oxygen atoms in total. The number of nitrogens with zero attached hydrogens (tertiary/aromatic N) is 1. The highest BCUT2D eigenvalue weighted by atomic mass is 16.3. The normalized spacial score (nSPS) is 33.4. The van der Waals surface area contributed by atoms with Crippen LogP contribution in [0.5, 0.6) is 0 Å². The Balaban J connectivity index is 1.49. The van der Waals surface area contributed by atoms with Crippen LogP contribution in [0.3, 0.4) is 0 Å². The second-order valence-electron chi connectivity index (χ2n) is 5.72.